The SMILES string of the molecule is CO[C@H]1CN(C(=O)c2cncc(C)c2)C[C@H]1Cc1cc(C)no1. The molecule has 1 amide bonds. The molecule has 0 spiro atoms. The van der Waals surface area contributed by atoms with Crippen molar-refractivity contribution in [2.75, 3.05) is 20.2 Å². The van der Waals surface area contributed by atoms with E-state index in [1.54, 1.807) is 19.5 Å². The van der Waals surface area contributed by atoms with Gasteiger partial charge in [0, 0.05) is 51.0 Å². The van der Waals surface area contributed by atoms with Gasteiger partial charge in [0.15, 0.2) is 0 Å². The van der Waals surface area contributed by atoms with Crippen molar-refractivity contribution in [2.24, 2.45) is 5.92 Å². The van der Waals surface area contributed by atoms with Crippen LogP contribution >= 0.6 is 0 Å². The second-order valence-electron chi connectivity index (χ2n) is 6.13. The largest absolute Gasteiger partial charge is 0.379 e. The number of methoxy groups -OCH3 is 1. The zero-order valence-corrected chi connectivity index (χ0v) is 13.7. The maximum absolute atomic E-state index is 12.7. The van der Waals surface area contributed by atoms with Crippen LogP contribution in [0.25, 0.3) is 0 Å². The minimum Gasteiger partial charge on any atom is -0.379 e. The van der Waals surface area contributed by atoms with Crippen LogP contribution < -0.4 is 0 Å². The summed E-state index contributed by atoms with van der Waals surface area (Å²) >= 11 is 0. The highest BCUT2D eigenvalue weighted by molar-refractivity contribution is 5.94. The van der Waals surface area contributed by atoms with E-state index < -0.39 is 0 Å². The maximum Gasteiger partial charge on any atom is 0.255 e. The summed E-state index contributed by atoms with van der Waals surface area (Å²) in [6.07, 6.45) is 4.08. The van der Waals surface area contributed by atoms with Crippen LogP contribution in [0.3, 0.4) is 0 Å². The Morgan fingerprint density at radius 1 is 1.35 bits per heavy atom. The number of carbonyl (C=O) groups excluding carboxylic acids is 1. The van der Waals surface area contributed by atoms with Crippen LogP contribution in [0.15, 0.2) is 29.0 Å². The zero-order chi connectivity index (χ0) is 16.4. The molecule has 3 rings (SSSR count). The van der Waals surface area contributed by atoms with E-state index in [1.165, 1.54) is 0 Å². The number of hydrogen-bond acceptors (Lipinski definition) is 5. The van der Waals surface area contributed by atoms with Gasteiger partial charge in [-0.2, -0.15) is 0 Å². The molecule has 0 aromatic carbocycles. The summed E-state index contributed by atoms with van der Waals surface area (Å²) in [6.45, 7) is 5.06. The third kappa shape index (κ3) is 3.42. The lowest BCUT2D eigenvalue weighted by Gasteiger charge is -2.16. The van der Waals surface area contributed by atoms with Crippen LogP contribution in [-0.4, -0.2) is 47.3 Å². The Labute approximate surface area is 135 Å². The number of pyridine rings is 1. The van der Waals surface area contributed by atoms with Gasteiger partial charge in [-0.15, -0.1) is 0 Å². The quantitative estimate of drug-likeness (QED) is 0.863. The Bertz CT molecular complexity index is 698. The first kappa shape index (κ1) is 15.7. The number of aryl methyl sites for hydroxylation is 2. The lowest BCUT2D eigenvalue weighted by atomic mass is 10.0. The molecule has 6 nitrogen and oxygen atoms in total. The van der Waals surface area contributed by atoms with E-state index in [0.717, 1.165) is 23.4 Å². The molecule has 2 aromatic rings. The summed E-state index contributed by atoms with van der Waals surface area (Å²) in [6, 6.07) is 3.80. The van der Waals surface area contributed by atoms with Crippen LogP contribution in [0.1, 0.15) is 27.4 Å². The molecule has 122 valence electrons. The summed E-state index contributed by atoms with van der Waals surface area (Å²) in [5.41, 5.74) is 2.47. The Morgan fingerprint density at radius 2 is 2.17 bits per heavy atom. The predicted molar refractivity (Wildman–Crippen MR) is 84.1 cm³/mol. The monoisotopic (exact) mass is 315 g/mol. The Morgan fingerprint density at radius 3 is 2.83 bits per heavy atom. The van der Waals surface area contributed by atoms with Crippen molar-refractivity contribution in [3.05, 3.63) is 47.1 Å². The molecule has 23 heavy (non-hydrogen) atoms. The molecule has 0 bridgehead atoms. The van der Waals surface area contributed by atoms with E-state index in [0.29, 0.717) is 18.7 Å². The van der Waals surface area contributed by atoms with E-state index in [4.69, 9.17) is 9.26 Å². The molecular weight excluding hydrogens is 294 g/mol. The van der Waals surface area contributed by atoms with Gasteiger partial charge in [0.1, 0.15) is 5.76 Å². The van der Waals surface area contributed by atoms with Crippen LogP contribution in [0.5, 0.6) is 0 Å². The zero-order valence-electron chi connectivity index (χ0n) is 13.7. The van der Waals surface area contributed by atoms with Crippen molar-refractivity contribution < 1.29 is 14.1 Å². The van der Waals surface area contributed by atoms with E-state index in [-0.39, 0.29) is 17.9 Å². The smallest absolute Gasteiger partial charge is 0.255 e. The maximum atomic E-state index is 12.7. The first-order valence-electron chi connectivity index (χ1n) is 7.72. The molecule has 0 unspecified atom stereocenters. The second-order valence-corrected chi connectivity index (χ2v) is 6.13. The Kier molecular flexibility index (Phi) is 4.43. The average molecular weight is 315 g/mol. The lowest BCUT2D eigenvalue weighted by Crippen LogP contribution is -2.30. The third-order valence-electron chi connectivity index (χ3n) is 4.23. The predicted octanol–water partition coefficient (Wildman–Crippen LogP) is 2.02. The Hall–Kier alpha value is -2.21. The molecule has 0 saturated carbocycles. The topological polar surface area (TPSA) is 68.5 Å². The van der Waals surface area contributed by atoms with Crippen molar-refractivity contribution >= 4 is 5.91 Å². The van der Waals surface area contributed by atoms with E-state index >= 15 is 0 Å². The normalized spacial score (nSPS) is 20.9. The van der Waals surface area contributed by atoms with Crippen LogP contribution in [0, 0.1) is 19.8 Å². The molecule has 1 saturated heterocycles. The summed E-state index contributed by atoms with van der Waals surface area (Å²) in [4.78, 5) is 18.6. The summed E-state index contributed by atoms with van der Waals surface area (Å²) in [5.74, 6) is 1.04. The van der Waals surface area contributed by atoms with Gasteiger partial charge >= 0.3 is 0 Å². The first-order valence-corrected chi connectivity index (χ1v) is 7.72. The summed E-state index contributed by atoms with van der Waals surface area (Å²) in [5, 5.41) is 3.92. The van der Waals surface area contributed by atoms with Crippen LogP contribution in [0.2, 0.25) is 0 Å². The minimum atomic E-state index is -0.000463. The fourth-order valence-electron chi connectivity index (χ4n) is 3.10. The van der Waals surface area contributed by atoms with Gasteiger partial charge in [0.05, 0.1) is 17.4 Å². The van der Waals surface area contributed by atoms with Crippen LogP contribution in [-0.2, 0) is 11.2 Å². The number of aromatic nitrogens is 2. The highest BCUT2D eigenvalue weighted by atomic mass is 16.5. The van der Waals surface area contributed by atoms with Gasteiger partial charge in [-0.3, -0.25) is 9.78 Å². The average Bonchev–Trinajstić information content (AvgIpc) is 3.13. The fraction of sp³-hybridized carbons (Fsp3) is 0.471. The number of carbonyl (C=O) groups is 1. The number of hydrogen-bond donors (Lipinski definition) is 0. The molecule has 0 aliphatic carbocycles. The van der Waals surface area contributed by atoms with Gasteiger partial charge in [0.2, 0.25) is 0 Å². The fourth-order valence-corrected chi connectivity index (χ4v) is 3.10. The van der Waals surface area contributed by atoms with Crippen LogP contribution in [0.4, 0.5) is 0 Å². The van der Waals surface area contributed by atoms with Gasteiger partial charge in [-0.05, 0) is 25.5 Å². The number of amides is 1. The van der Waals surface area contributed by atoms with Crippen molar-refractivity contribution in [2.45, 2.75) is 26.4 Å². The van der Waals surface area contributed by atoms with E-state index in [1.807, 2.05) is 30.9 Å². The highest BCUT2D eigenvalue weighted by Crippen LogP contribution is 2.25. The molecule has 0 radical (unpaired) electrons. The highest BCUT2D eigenvalue weighted by Gasteiger charge is 2.36. The third-order valence-corrected chi connectivity index (χ3v) is 4.23. The number of likely N-dealkylation sites (tertiary alicyclic amines) is 1. The van der Waals surface area contributed by atoms with Crippen molar-refractivity contribution in [3.63, 3.8) is 0 Å². The lowest BCUT2D eigenvalue weighted by molar-refractivity contribution is 0.0672. The van der Waals surface area contributed by atoms with Gasteiger partial charge in [0.25, 0.3) is 5.91 Å². The standard InChI is InChI=1S/C17H21N3O3/c1-11-4-13(8-18-7-11)17(21)20-9-14(16(10-20)22-3)6-15-5-12(2)19-23-15/h4-5,7-8,14,16H,6,9-10H2,1-3H3/t14-,16+/m1/s1. The molecule has 3 heterocycles. The molecular formula is C17H21N3O3. The van der Waals surface area contributed by atoms with Gasteiger partial charge < -0.3 is 14.2 Å². The Balaban J connectivity index is 1.72. The minimum absolute atomic E-state index is 0.000463. The molecule has 1 aliphatic heterocycles. The van der Waals surface area contributed by atoms with E-state index in [9.17, 15) is 4.79 Å². The number of nitrogens with zero attached hydrogens (tertiary/aromatic N) is 3. The van der Waals surface area contributed by atoms with Gasteiger partial charge in [-0.25, -0.2) is 0 Å². The van der Waals surface area contributed by atoms with Crippen molar-refractivity contribution in [1.29, 1.82) is 0 Å². The van der Waals surface area contributed by atoms with Crippen molar-refractivity contribution in [3.8, 4) is 0 Å². The molecule has 0 N–H and O–H groups in total. The second kappa shape index (κ2) is 6.50. The molecule has 2 aromatic heterocycles. The summed E-state index contributed by atoms with van der Waals surface area (Å²) in [7, 11) is 1.69. The van der Waals surface area contributed by atoms with Gasteiger partial charge in [-0.1, -0.05) is 5.16 Å². The first-order chi connectivity index (χ1) is 11.1. The summed E-state index contributed by atoms with van der Waals surface area (Å²) < 4.78 is 10.9. The molecule has 2 atom stereocenters. The number of ether oxygens (including phenoxy) is 1. The number of rotatable bonds is 4. The molecule has 6 heteroatoms. The van der Waals surface area contributed by atoms with E-state index in [2.05, 4.69) is 10.1 Å². The van der Waals surface area contributed by atoms with Crippen molar-refractivity contribution in [1.82, 2.24) is 15.0 Å². The molecule has 1 aliphatic rings. The molecule has 1 fully saturated rings.